The third-order valence-corrected chi connectivity index (χ3v) is 4.04. The Balaban J connectivity index is 1.70. The van der Waals surface area contributed by atoms with E-state index in [1.54, 1.807) is 28.8 Å². The van der Waals surface area contributed by atoms with E-state index in [0.29, 0.717) is 23.5 Å². The van der Waals surface area contributed by atoms with E-state index in [9.17, 15) is 9.59 Å². The second kappa shape index (κ2) is 6.80. The summed E-state index contributed by atoms with van der Waals surface area (Å²) < 4.78 is 6.99. The van der Waals surface area contributed by atoms with Gasteiger partial charge in [0.1, 0.15) is 12.1 Å². The van der Waals surface area contributed by atoms with Crippen molar-refractivity contribution in [1.29, 1.82) is 0 Å². The highest BCUT2D eigenvalue weighted by molar-refractivity contribution is 5.94. The van der Waals surface area contributed by atoms with Gasteiger partial charge in [0.25, 0.3) is 5.78 Å². The lowest BCUT2D eigenvalue weighted by molar-refractivity contribution is -0.134. The highest BCUT2D eigenvalue weighted by atomic mass is 16.5. The normalized spacial score (nSPS) is 10.8. The Morgan fingerprint density at radius 3 is 2.80 bits per heavy atom. The summed E-state index contributed by atoms with van der Waals surface area (Å²) in [6.45, 7) is 5.28. The van der Waals surface area contributed by atoms with Crippen LogP contribution >= 0.6 is 0 Å². The van der Waals surface area contributed by atoms with Crippen molar-refractivity contribution >= 4 is 17.5 Å². The maximum atomic E-state index is 12.1. The molecule has 0 unspecified atom stereocenters. The molecule has 0 bridgehead atoms. The Morgan fingerprint density at radius 1 is 1.24 bits per heavy atom. The van der Waals surface area contributed by atoms with E-state index in [2.05, 4.69) is 15.1 Å². The molecule has 25 heavy (non-hydrogen) atoms. The van der Waals surface area contributed by atoms with Crippen LogP contribution in [-0.4, -0.2) is 31.3 Å². The van der Waals surface area contributed by atoms with Crippen LogP contribution in [0, 0.1) is 13.8 Å². The SMILES string of the molecule is CC(=O)c1cccc(OC(=O)CCc2c(C)nc3ncnn3c2C)c1. The third kappa shape index (κ3) is 3.55. The van der Waals surface area contributed by atoms with Crippen LogP contribution in [0.4, 0.5) is 0 Å². The number of aromatic nitrogens is 4. The molecule has 0 aliphatic heterocycles. The van der Waals surface area contributed by atoms with Gasteiger partial charge in [-0.3, -0.25) is 9.59 Å². The first kappa shape index (κ1) is 16.8. The molecule has 0 aliphatic rings. The zero-order chi connectivity index (χ0) is 18.0. The Kier molecular flexibility index (Phi) is 4.56. The van der Waals surface area contributed by atoms with Crippen LogP contribution < -0.4 is 4.74 Å². The molecule has 2 aromatic heterocycles. The van der Waals surface area contributed by atoms with E-state index in [0.717, 1.165) is 17.0 Å². The average Bonchev–Trinajstić information content (AvgIpc) is 3.03. The largest absolute Gasteiger partial charge is 0.426 e. The Morgan fingerprint density at radius 2 is 2.04 bits per heavy atom. The van der Waals surface area contributed by atoms with Crippen molar-refractivity contribution in [1.82, 2.24) is 19.6 Å². The van der Waals surface area contributed by atoms with Gasteiger partial charge in [-0.1, -0.05) is 12.1 Å². The molecule has 3 rings (SSSR count). The summed E-state index contributed by atoms with van der Waals surface area (Å²) in [7, 11) is 0. The predicted molar refractivity (Wildman–Crippen MR) is 90.7 cm³/mol. The van der Waals surface area contributed by atoms with Crippen molar-refractivity contribution in [2.24, 2.45) is 0 Å². The van der Waals surface area contributed by atoms with Crippen LogP contribution in [0.25, 0.3) is 5.78 Å². The van der Waals surface area contributed by atoms with Gasteiger partial charge in [0, 0.05) is 17.0 Å². The summed E-state index contributed by atoms with van der Waals surface area (Å²) in [6.07, 6.45) is 2.15. The van der Waals surface area contributed by atoms with Crippen LogP contribution in [0.15, 0.2) is 30.6 Å². The van der Waals surface area contributed by atoms with E-state index in [-0.39, 0.29) is 18.2 Å². The molecule has 7 nitrogen and oxygen atoms in total. The summed E-state index contributed by atoms with van der Waals surface area (Å²) in [5, 5.41) is 4.14. The molecule has 0 radical (unpaired) electrons. The summed E-state index contributed by atoms with van der Waals surface area (Å²) in [5.41, 5.74) is 3.20. The highest BCUT2D eigenvalue weighted by Crippen LogP contribution is 2.17. The van der Waals surface area contributed by atoms with Crippen molar-refractivity contribution in [3.05, 3.63) is 53.1 Å². The first-order valence-corrected chi connectivity index (χ1v) is 7.93. The number of ketones is 1. The smallest absolute Gasteiger partial charge is 0.311 e. The van der Waals surface area contributed by atoms with Gasteiger partial charge in [0.05, 0.1) is 6.42 Å². The lowest BCUT2D eigenvalue weighted by Crippen LogP contribution is -2.12. The van der Waals surface area contributed by atoms with Crippen molar-refractivity contribution in [3.63, 3.8) is 0 Å². The second-order valence-electron chi connectivity index (χ2n) is 5.79. The first-order valence-electron chi connectivity index (χ1n) is 7.93. The molecule has 2 heterocycles. The molecule has 0 saturated heterocycles. The Hall–Kier alpha value is -3.09. The summed E-state index contributed by atoms with van der Waals surface area (Å²) in [6, 6.07) is 6.60. The molecular formula is C18H18N4O3. The van der Waals surface area contributed by atoms with Gasteiger partial charge < -0.3 is 4.74 Å². The number of aryl methyl sites for hydroxylation is 2. The Labute approximate surface area is 144 Å². The number of ether oxygens (including phenoxy) is 1. The fourth-order valence-electron chi connectivity index (χ4n) is 2.71. The van der Waals surface area contributed by atoms with Crippen molar-refractivity contribution in [3.8, 4) is 5.75 Å². The van der Waals surface area contributed by atoms with Gasteiger partial charge in [0.2, 0.25) is 0 Å². The monoisotopic (exact) mass is 338 g/mol. The zero-order valence-electron chi connectivity index (χ0n) is 14.3. The first-order chi connectivity index (χ1) is 12.0. The number of rotatable bonds is 5. The molecule has 1 aromatic carbocycles. The third-order valence-electron chi connectivity index (χ3n) is 4.04. The van der Waals surface area contributed by atoms with E-state index in [1.165, 1.54) is 13.3 Å². The Bertz CT molecular complexity index is 962. The lowest BCUT2D eigenvalue weighted by Gasteiger charge is -2.10. The van der Waals surface area contributed by atoms with Crippen LogP contribution in [-0.2, 0) is 11.2 Å². The summed E-state index contributed by atoms with van der Waals surface area (Å²) in [4.78, 5) is 32.0. The molecule has 3 aromatic rings. The highest BCUT2D eigenvalue weighted by Gasteiger charge is 2.14. The number of Topliss-reactive ketones (excluding diaryl/α,β-unsaturated/α-hetero) is 1. The van der Waals surface area contributed by atoms with Crippen molar-refractivity contribution < 1.29 is 14.3 Å². The van der Waals surface area contributed by atoms with E-state index >= 15 is 0 Å². The van der Waals surface area contributed by atoms with Crippen LogP contribution in [0.1, 0.15) is 40.7 Å². The molecular weight excluding hydrogens is 320 g/mol. The molecule has 0 fully saturated rings. The van der Waals surface area contributed by atoms with Gasteiger partial charge in [0.15, 0.2) is 5.78 Å². The summed E-state index contributed by atoms with van der Waals surface area (Å²) >= 11 is 0. The van der Waals surface area contributed by atoms with Gasteiger partial charge in [-0.15, -0.1) is 0 Å². The number of nitrogens with zero attached hydrogens (tertiary/aromatic N) is 4. The molecule has 7 heteroatoms. The zero-order valence-corrected chi connectivity index (χ0v) is 14.3. The fraction of sp³-hybridized carbons (Fsp3) is 0.278. The fourth-order valence-corrected chi connectivity index (χ4v) is 2.71. The second-order valence-corrected chi connectivity index (χ2v) is 5.79. The van der Waals surface area contributed by atoms with Crippen LogP contribution in [0.2, 0.25) is 0 Å². The number of carbonyl (C=O) groups is 2. The average molecular weight is 338 g/mol. The van der Waals surface area contributed by atoms with E-state index < -0.39 is 0 Å². The quantitative estimate of drug-likeness (QED) is 0.403. The van der Waals surface area contributed by atoms with Crippen LogP contribution in [0.5, 0.6) is 5.75 Å². The van der Waals surface area contributed by atoms with Gasteiger partial charge in [-0.25, -0.2) is 9.50 Å². The van der Waals surface area contributed by atoms with Gasteiger partial charge >= 0.3 is 5.97 Å². The van der Waals surface area contributed by atoms with Gasteiger partial charge in [-0.05, 0) is 44.9 Å². The minimum atomic E-state index is -0.363. The van der Waals surface area contributed by atoms with Gasteiger partial charge in [-0.2, -0.15) is 10.1 Å². The number of hydrogen-bond donors (Lipinski definition) is 0. The number of esters is 1. The minimum absolute atomic E-state index is 0.0728. The van der Waals surface area contributed by atoms with E-state index in [1.807, 2.05) is 13.8 Å². The number of hydrogen-bond acceptors (Lipinski definition) is 6. The predicted octanol–water partition coefficient (Wildman–Crippen LogP) is 2.48. The topological polar surface area (TPSA) is 86.5 Å². The lowest BCUT2D eigenvalue weighted by atomic mass is 10.1. The molecule has 0 amide bonds. The standard InChI is InChI=1S/C18H18N4O3/c1-11-16(12(2)22-18(21-11)19-10-20-22)7-8-17(24)25-15-6-4-5-14(9-15)13(3)23/h4-6,9-10H,7-8H2,1-3H3. The molecule has 0 atom stereocenters. The molecule has 0 N–H and O–H groups in total. The van der Waals surface area contributed by atoms with E-state index in [4.69, 9.17) is 4.74 Å². The maximum absolute atomic E-state index is 12.1. The maximum Gasteiger partial charge on any atom is 0.311 e. The molecule has 0 spiro atoms. The molecule has 0 aliphatic carbocycles. The van der Waals surface area contributed by atoms with Crippen molar-refractivity contribution in [2.75, 3.05) is 0 Å². The molecule has 0 saturated carbocycles. The summed E-state index contributed by atoms with van der Waals surface area (Å²) in [5.74, 6) is 0.480. The van der Waals surface area contributed by atoms with Crippen molar-refractivity contribution in [2.45, 2.75) is 33.6 Å². The number of fused-ring (bicyclic) bond motifs is 1. The van der Waals surface area contributed by atoms with Crippen LogP contribution in [0.3, 0.4) is 0 Å². The number of carbonyl (C=O) groups excluding carboxylic acids is 2. The molecule has 128 valence electrons. The minimum Gasteiger partial charge on any atom is -0.426 e. The number of benzene rings is 1.